The summed E-state index contributed by atoms with van der Waals surface area (Å²) in [5.41, 5.74) is 0. The molecule has 1 saturated heterocycles. The van der Waals surface area contributed by atoms with Gasteiger partial charge >= 0.3 is 0 Å². The van der Waals surface area contributed by atoms with E-state index in [1.165, 1.54) is 12.8 Å². The molecule has 0 bridgehead atoms. The molecule has 1 atom stereocenters. The van der Waals surface area contributed by atoms with Crippen molar-refractivity contribution < 1.29 is 9.90 Å². The highest BCUT2D eigenvalue weighted by molar-refractivity contribution is 5.78. The highest BCUT2D eigenvalue weighted by Gasteiger charge is 2.26. The van der Waals surface area contributed by atoms with Crippen molar-refractivity contribution in [2.24, 2.45) is 0 Å². The number of aliphatic hydroxyl groups is 1. The van der Waals surface area contributed by atoms with Crippen LogP contribution in [0.2, 0.25) is 0 Å². The molecule has 1 amide bonds. The van der Waals surface area contributed by atoms with Gasteiger partial charge < -0.3 is 10.4 Å². The molecule has 1 aliphatic carbocycles. The van der Waals surface area contributed by atoms with Gasteiger partial charge in [-0.05, 0) is 32.2 Å². The molecule has 2 N–H and O–H groups in total. The van der Waals surface area contributed by atoms with E-state index in [0.29, 0.717) is 12.6 Å². The number of hydrogen-bond acceptors (Lipinski definition) is 3. The van der Waals surface area contributed by atoms with Gasteiger partial charge in [0.1, 0.15) is 0 Å². The third-order valence-electron chi connectivity index (χ3n) is 3.50. The van der Waals surface area contributed by atoms with Crippen LogP contribution >= 0.6 is 0 Å². The quantitative estimate of drug-likeness (QED) is 0.734. The van der Waals surface area contributed by atoms with Gasteiger partial charge in [-0.25, -0.2) is 0 Å². The highest BCUT2D eigenvalue weighted by atomic mass is 16.3. The number of hydrogen-bond donors (Lipinski definition) is 2. The fourth-order valence-electron chi connectivity index (χ4n) is 2.34. The third kappa shape index (κ3) is 3.46. The summed E-state index contributed by atoms with van der Waals surface area (Å²) in [4.78, 5) is 13.8. The lowest BCUT2D eigenvalue weighted by Gasteiger charge is -2.27. The molecule has 2 rings (SSSR count). The second-order valence-electron chi connectivity index (χ2n) is 5.00. The van der Waals surface area contributed by atoms with E-state index < -0.39 is 0 Å². The Morgan fingerprint density at radius 1 is 1.25 bits per heavy atom. The van der Waals surface area contributed by atoms with Crippen molar-refractivity contribution in [2.75, 3.05) is 19.7 Å². The summed E-state index contributed by atoms with van der Waals surface area (Å²) in [6.45, 7) is 1.59. The Hall–Kier alpha value is -0.610. The Kier molecular flexibility index (Phi) is 4.18. The van der Waals surface area contributed by atoms with Crippen LogP contribution in [-0.2, 0) is 4.79 Å². The summed E-state index contributed by atoms with van der Waals surface area (Å²) in [5, 5.41) is 12.3. The summed E-state index contributed by atoms with van der Waals surface area (Å²) < 4.78 is 0. The molecule has 1 heterocycles. The zero-order chi connectivity index (χ0) is 11.4. The standard InChI is InChI=1S/C12H22N2O2/c15-9-11-4-2-1-3-7-14(11)8-12(16)13-10-5-6-10/h10-11,15H,1-9H2,(H,13,16). The van der Waals surface area contributed by atoms with E-state index in [1.54, 1.807) is 0 Å². The van der Waals surface area contributed by atoms with Gasteiger partial charge in [0.2, 0.25) is 5.91 Å². The second-order valence-corrected chi connectivity index (χ2v) is 5.00. The molecule has 0 spiro atoms. The monoisotopic (exact) mass is 226 g/mol. The van der Waals surface area contributed by atoms with Crippen molar-refractivity contribution in [1.29, 1.82) is 0 Å². The van der Waals surface area contributed by atoms with Crippen LogP contribution in [0.1, 0.15) is 38.5 Å². The first-order valence-electron chi connectivity index (χ1n) is 6.44. The van der Waals surface area contributed by atoms with Gasteiger partial charge in [0.15, 0.2) is 0 Å². The number of rotatable bonds is 4. The average molecular weight is 226 g/mol. The van der Waals surface area contributed by atoms with Crippen molar-refractivity contribution in [3.63, 3.8) is 0 Å². The van der Waals surface area contributed by atoms with Crippen molar-refractivity contribution >= 4 is 5.91 Å². The molecule has 4 heteroatoms. The molecular formula is C12H22N2O2. The zero-order valence-electron chi connectivity index (χ0n) is 9.82. The Morgan fingerprint density at radius 2 is 2.06 bits per heavy atom. The van der Waals surface area contributed by atoms with Crippen LogP contribution in [0.25, 0.3) is 0 Å². The first-order chi connectivity index (χ1) is 7.79. The average Bonchev–Trinajstić information content (AvgIpc) is 3.06. The van der Waals surface area contributed by atoms with Gasteiger partial charge in [-0.2, -0.15) is 0 Å². The summed E-state index contributed by atoms with van der Waals surface area (Å²) in [6, 6.07) is 0.625. The van der Waals surface area contributed by atoms with Gasteiger partial charge in [-0.15, -0.1) is 0 Å². The first kappa shape index (κ1) is 11.9. The topological polar surface area (TPSA) is 52.6 Å². The minimum Gasteiger partial charge on any atom is -0.395 e. The maximum Gasteiger partial charge on any atom is 0.234 e. The number of carbonyl (C=O) groups is 1. The van der Waals surface area contributed by atoms with E-state index >= 15 is 0 Å². The Labute approximate surface area is 97.0 Å². The Balaban J connectivity index is 1.81. The maximum atomic E-state index is 11.7. The van der Waals surface area contributed by atoms with Crippen LogP contribution in [0.15, 0.2) is 0 Å². The molecular weight excluding hydrogens is 204 g/mol. The summed E-state index contributed by atoms with van der Waals surface area (Å²) in [6.07, 6.45) is 6.83. The molecule has 16 heavy (non-hydrogen) atoms. The minimum absolute atomic E-state index is 0.128. The van der Waals surface area contributed by atoms with Gasteiger partial charge in [0, 0.05) is 12.1 Å². The highest BCUT2D eigenvalue weighted by Crippen LogP contribution is 2.19. The molecule has 2 aliphatic rings. The van der Waals surface area contributed by atoms with Crippen LogP contribution in [0.3, 0.4) is 0 Å². The second kappa shape index (κ2) is 5.64. The number of amides is 1. The van der Waals surface area contributed by atoms with E-state index in [2.05, 4.69) is 10.2 Å². The summed E-state index contributed by atoms with van der Waals surface area (Å²) in [7, 11) is 0. The minimum atomic E-state index is 0.128. The predicted octanol–water partition coefficient (Wildman–Crippen LogP) is 0.502. The molecule has 4 nitrogen and oxygen atoms in total. The Bertz CT molecular complexity index is 241. The predicted molar refractivity (Wildman–Crippen MR) is 62.1 cm³/mol. The Morgan fingerprint density at radius 3 is 2.75 bits per heavy atom. The van der Waals surface area contributed by atoms with Crippen LogP contribution < -0.4 is 5.32 Å². The smallest absolute Gasteiger partial charge is 0.234 e. The molecule has 2 fully saturated rings. The number of nitrogens with zero attached hydrogens (tertiary/aromatic N) is 1. The maximum absolute atomic E-state index is 11.7. The molecule has 0 aromatic heterocycles. The zero-order valence-corrected chi connectivity index (χ0v) is 9.82. The van der Waals surface area contributed by atoms with E-state index in [-0.39, 0.29) is 18.6 Å². The van der Waals surface area contributed by atoms with Crippen molar-refractivity contribution in [1.82, 2.24) is 10.2 Å². The molecule has 92 valence electrons. The molecule has 1 unspecified atom stereocenters. The molecule has 1 saturated carbocycles. The number of nitrogens with one attached hydrogen (secondary N) is 1. The molecule has 1 aliphatic heterocycles. The number of carbonyl (C=O) groups excluding carboxylic acids is 1. The third-order valence-corrected chi connectivity index (χ3v) is 3.50. The van der Waals surface area contributed by atoms with Crippen LogP contribution in [0, 0.1) is 0 Å². The van der Waals surface area contributed by atoms with Gasteiger partial charge in [0.25, 0.3) is 0 Å². The van der Waals surface area contributed by atoms with E-state index in [4.69, 9.17) is 0 Å². The lowest BCUT2D eigenvalue weighted by Crippen LogP contribution is -2.44. The van der Waals surface area contributed by atoms with E-state index in [9.17, 15) is 9.90 Å². The lowest BCUT2D eigenvalue weighted by molar-refractivity contribution is -0.123. The summed E-state index contributed by atoms with van der Waals surface area (Å²) >= 11 is 0. The van der Waals surface area contributed by atoms with Crippen molar-refractivity contribution in [3.05, 3.63) is 0 Å². The van der Waals surface area contributed by atoms with E-state index in [1.807, 2.05) is 0 Å². The normalized spacial score (nSPS) is 27.4. The van der Waals surface area contributed by atoms with E-state index in [0.717, 1.165) is 32.2 Å². The summed E-state index contributed by atoms with van der Waals surface area (Å²) in [5.74, 6) is 0.128. The fraction of sp³-hybridized carbons (Fsp3) is 0.917. The number of likely N-dealkylation sites (tertiary alicyclic amines) is 1. The molecule has 0 aromatic carbocycles. The molecule has 0 radical (unpaired) electrons. The van der Waals surface area contributed by atoms with Crippen molar-refractivity contribution in [2.45, 2.75) is 50.6 Å². The number of aliphatic hydroxyl groups excluding tert-OH is 1. The van der Waals surface area contributed by atoms with Crippen LogP contribution in [0.4, 0.5) is 0 Å². The van der Waals surface area contributed by atoms with Gasteiger partial charge in [0.05, 0.1) is 13.2 Å². The SMILES string of the molecule is O=C(CN1CCCCCC1CO)NC1CC1. The van der Waals surface area contributed by atoms with Crippen molar-refractivity contribution in [3.8, 4) is 0 Å². The van der Waals surface area contributed by atoms with Gasteiger partial charge in [-0.3, -0.25) is 9.69 Å². The van der Waals surface area contributed by atoms with Crippen LogP contribution in [0.5, 0.6) is 0 Å². The lowest BCUT2D eigenvalue weighted by atomic mass is 10.1. The first-order valence-corrected chi connectivity index (χ1v) is 6.44. The molecule has 0 aromatic rings. The largest absolute Gasteiger partial charge is 0.395 e. The van der Waals surface area contributed by atoms with Crippen LogP contribution in [-0.4, -0.2) is 47.7 Å². The fourth-order valence-corrected chi connectivity index (χ4v) is 2.34. The van der Waals surface area contributed by atoms with Gasteiger partial charge in [-0.1, -0.05) is 12.8 Å².